The predicted octanol–water partition coefficient (Wildman–Crippen LogP) is 3.60. The van der Waals surface area contributed by atoms with Crippen LogP contribution in [0.3, 0.4) is 0 Å². The molecule has 2 heterocycles. The number of nitrogens with zero attached hydrogens (tertiary/aromatic N) is 2. The molecule has 32 heavy (non-hydrogen) atoms. The van der Waals surface area contributed by atoms with E-state index in [2.05, 4.69) is 5.32 Å². The zero-order valence-electron chi connectivity index (χ0n) is 19.1. The van der Waals surface area contributed by atoms with E-state index in [9.17, 15) is 14.7 Å². The molecular weight excluding hydrogens is 417 g/mol. The highest BCUT2D eigenvalue weighted by Gasteiger charge is 2.34. The molecule has 0 bridgehead atoms. The molecule has 2 aromatic rings. The molecule has 1 atom stereocenters. The molecule has 1 aliphatic carbocycles. The Bertz CT molecular complexity index is 1130. The molecule has 174 valence electrons. The normalized spacial score (nSPS) is 18.8. The summed E-state index contributed by atoms with van der Waals surface area (Å²) in [6, 6.07) is 1.06. The number of aromatic hydroxyl groups is 1. The van der Waals surface area contributed by atoms with Crippen LogP contribution in [0, 0.1) is 12.7 Å². The van der Waals surface area contributed by atoms with Gasteiger partial charge >= 0.3 is 6.09 Å². The van der Waals surface area contributed by atoms with Crippen LogP contribution >= 0.6 is 0 Å². The number of methoxy groups -OCH3 is 1. The number of amides is 1. The van der Waals surface area contributed by atoms with Crippen LogP contribution in [0.2, 0.25) is 0 Å². The van der Waals surface area contributed by atoms with E-state index in [4.69, 9.17) is 9.47 Å². The number of hydrogen-bond acceptors (Lipinski definition) is 6. The second-order valence-electron chi connectivity index (χ2n) is 9.59. The number of halogens is 1. The molecular formula is C23H30FN3O5. The maximum Gasteiger partial charge on any atom is 0.407 e. The van der Waals surface area contributed by atoms with Gasteiger partial charge in [-0.15, -0.1) is 0 Å². The smallest absolute Gasteiger partial charge is 0.407 e. The van der Waals surface area contributed by atoms with Crippen molar-refractivity contribution in [2.45, 2.75) is 64.6 Å². The molecule has 9 heteroatoms. The van der Waals surface area contributed by atoms with Gasteiger partial charge in [0.25, 0.3) is 5.56 Å². The van der Waals surface area contributed by atoms with E-state index in [0.29, 0.717) is 25.0 Å². The summed E-state index contributed by atoms with van der Waals surface area (Å²) in [5.74, 6) is -0.559. The standard InChI is InChI=1S/C23H30FN3O5/c1-12-19(28)15-10-16(24)18(20(31-5)17(15)27(21(12)29)14-6-7-14)26-9-8-13(11-26)25-22(30)32-23(2,3)4/h10,13-14,28H,6-9,11H2,1-5H3,(H,25,30). The molecule has 1 saturated carbocycles. The number of carbonyl (C=O) groups excluding carboxylic acids is 1. The lowest BCUT2D eigenvalue weighted by atomic mass is 10.1. The van der Waals surface area contributed by atoms with E-state index < -0.39 is 17.5 Å². The fourth-order valence-corrected chi connectivity index (χ4v) is 4.34. The predicted molar refractivity (Wildman–Crippen MR) is 119 cm³/mol. The lowest BCUT2D eigenvalue weighted by molar-refractivity contribution is 0.0509. The zero-order valence-corrected chi connectivity index (χ0v) is 19.1. The number of pyridine rings is 1. The van der Waals surface area contributed by atoms with Gasteiger partial charge in [0.2, 0.25) is 0 Å². The van der Waals surface area contributed by atoms with Crippen molar-refractivity contribution in [3.8, 4) is 11.5 Å². The van der Waals surface area contributed by atoms with Crippen LogP contribution in [0.5, 0.6) is 11.5 Å². The second-order valence-corrected chi connectivity index (χ2v) is 9.59. The Morgan fingerprint density at radius 2 is 1.97 bits per heavy atom. The van der Waals surface area contributed by atoms with Gasteiger partial charge in [0.1, 0.15) is 22.6 Å². The van der Waals surface area contributed by atoms with E-state index in [-0.39, 0.29) is 45.8 Å². The molecule has 1 aromatic carbocycles. The van der Waals surface area contributed by atoms with Crippen LogP contribution < -0.4 is 20.5 Å². The number of hydrogen-bond donors (Lipinski definition) is 2. The number of rotatable bonds is 4. The highest BCUT2D eigenvalue weighted by atomic mass is 19.1. The summed E-state index contributed by atoms with van der Waals surface area (Å²) in [7, 11) is 1.43. The van der Waals surface area contributed by atoms with Crippen LogP contribution in [-0.2, 0) is 4.74 Å². The third-order valence-electron chi connectivity index (χ3n) is 5.91. The molecule has 4 rings (SSSR count). The lowest BCUT2D eigenvalue weighted by Crippen LogP contribution is -2.40. The highest BCUT2D eigenvalue weighted by molar-refractivity contribution is 5.96. The third kappa shape index (κ3) is 3.96. The first-order chi connectivity index (χ1) is 15.0. The van der Waals surface area contributed by atoms with E-state index in [0.717, 1.165) is 12.8 Å². The van der Waals surface area contributed by atoms with Gasteiger partial charge in [0, 0.05) is 24.5 Å². The van der Waals surface area contributed by atoms with Crippen LogP contribution in [0.25, 0.3) is 10.9 Å². The van der Waals surface area contributed by atoms with Crippen molar-refractivity contribution in [3.05, 3.63) is 27.8 Å². The average Bonchev–Trinajstić information content (AvgIpc) is 3.43. The molecule has 1 saturated heterocycles. The Balaban J connectivity index is 1.73. The summed E-state index contributed by atoms with van der Waals surface area (Å²) in [5, 5.41) is 13.7. The van der Waals surface area contributed by atoms with Gasteiger partial charge in [-0.1, -0.05) is 0 Å². The quantitative estimate of drug-likeness (QED) is 0.744. The molecule has 1 aliphatic heterocycles. The van der Waals surface area contributed by atoms with Gasteiger partial charge in [-0.2, -0.15) is 0 Å². The van der Waals surface area contributed by atoms with Gasteiger partial charge in [0.05, 0.1) is 18.7 Å². The summed E-state index contributed by atoms with van der Waals surface area (Å²) in [5.41, 5.74) is -0.0721. The van der Waals surface area contributed by atoms with Gasteiger partial charge in [-0.05, 0) is 53.0 Å². The largest absolute Gasteiger partial charge is 0.507 e. The molecule has 8 nitrogen and oxygen atoms in total. The monoisotopic (exact) mass is 447 g/mol. The Kier molecular flexibility index (Phi) is 5.46. The highest BCUT2D eigenvalue weighted by Crippen LogP contribution is 2.46. The number of nitrogens with one attached hydrogen (secondary N) is 1. The molecule has 2 fully saturated rings. The Hall–Kier alpha value is -2.97. The first-order valence-corrected chi connectivity index (χ1v) is 10.9. The Morgan fingerprint density at radius 1 is 1.28 bits per heavy atom. The molecule has 1 aromatic heterocycles. The Labute approximate surface area is 185 Å². The van der Waals surface area contributed by atoms with E-state index >= 15 is 4.39 Å². The molecule has 2 N–H and O–H groups in total. The van der Waals surface area contributed by atoms with Crippen LogP contribution in [0.15, 0.2) is 10.9 Å². The van der Waals surface area contributed by atoms with Crippen molar-refractivity contribution >= 4 is 22.7 Å². The summed E-state index contributed by atoms with van der Waals surface area (Å²) in [4.78, 5) is 26.9. The molecule has 1 unspecified atom stereocenters. The lowest BCUT2D eigenvalue weighted by Gasteiger charge is -2.25. The maximum absolute atomic E-state index is 15.4. The average molecular weight is 448 g/mol. The molecule has 2 aliphatic rings. The second kappa shape index (κ2) is 7.86. The van der Waals surface area contributed by atoms with Crippen molar-refractivity contribution in [1.29, 1.82) is 0 Å². The minimum atomic E-state index is -0.608. The number of alkyl carbamates (subject to hydrolysis) is 1. The SMILES string of the molecule is COc1c(N2CCC(NC(=O)OC(C)(C)C)C2)c(F)cc2c(O)c(C)c(=O)n(C3CC3)c12. The molecule has 0 radical (unpaired) electrons. The van der Waals surface area contributed by atoms with Gasteiger partial charge in [-0.3, -0.25) is 4.79 Å². The van der Waals surface area contributed by atoms with Crippen molar-refractivity contribution < 1.29 is 23.8 Å². The summed E-state index contributed by atoms with van der Waals surface area (Å²) in [6.07, 6.45) is 1.79. The van der Waals surface area contributed by atoms with Crippen molar-refractivity contribution in [1.82, 2.24) is 9.88 Å². The number of benzene rings is 1. The molecule has 1 amide bonds. The number of fused-ring (bicyclic) bond motifs is 1. The maximum atomic E-state index is 15.4. The number of aromatic nitrogens is 1. The van der Waals surface area contributed by atoms with Gasteiger partial charge < -0.3 is 29.4 Å². The third-order valence-corrected chi connectivity index (χ3v) is 5.91. The first-order valence-electron chi connectivity index (χ1n) is 10.9. The minimum absolute atomic E-state index is 0.0108. The minimum Gasteiger partial charge on any atom is -0.507 e. The topological polar surface area (TPSA) is 93.0 Å². The van der Waals surface area contributed by atoms with Crippen LogP contribution in [0.1, 0.15) is 51.6 Å². The van der Waals surface area contributed by atoms with E-state index in [1.165, 1.54) is 13.2 Å². The van der Waals surface area contributed by atoms with Crippen LogP contribution in [-0.4, -0.2) is 47.6 Å². The number of carbonyl (C=O) groups is 1. The summed E-state index contributed by atoms with van der Waals surface area (Å²) in [6.45, 7) is 7.77. The fourth-order valence-electron chi connectivity index (χ4n) is 4.34. The van der Waals surface area contributed by atoms with Crippen molar-refractivity contribution in [3.63, 3.8) is 0 Å². The zero-order chi connectivity index (χ0) is 23.4. The van der Waals surface area contributed by atoms with Crippen LogP contribution in [0.4, 0.5) is 14.9 Å². The van der Waals surface area contributed by atoms with Crippen molar-refractivity contribution in [2.24, 2.45) is 0 Å². The summed E-state index contributed by atoms with van der Waals surface area (Å²) >= 11 is 0. The summed E-state index contributed by atoms with van der Waals surface area (Å²) < 4.78 is 27.9. The molecule has 0 spiro atoms. The Morgan fingerprint density at radius 3 is 2.56 bits per heavy atom. The van der Waals surface area contributed by atoms with E-state index in [1.54, 1.807) is 37.2 Å². The van der Waals surface area contributed by atoms with E-state index in [1.807, 2.05) is 0 Å². The van der Waals surface area contributed by atoms with Gasteiger partial charge in [-0.25, -0.2) is 9.18 Å². The fraction of sp³-hybridized carbons (Fsp3) is 0.565. The van der Waals surface area contributed by atoms with Crippen molar-refractivity contribution in [2.75, 3.05) is 25.1 Å². The number of anilines is 1. The number of ether oxygens (including phenoxy) is 2. The first kappa shape index (κ1) is 22.2. The van der Waals surface area contributed by atoms with Gasteiger partial charge in [0.15, 0.2) is 11.6 Å².